The summed E-state index contributed by atoms with van der Waals surface area (Å²) in [5.74, 6) is 2.02. The number of nitrogens with zero attached hydrogens (tertiary/aromatic N) is 4. The van der Waals surface area contributed by atoms with Crippen molar-refractivity contribution in [2.75, 3.05) is 24.2 Å². The fourth-order valence-electron chi connectivity index (χ4n) is 5.91. The number of fused-ring (bicyclic) bond motifs is 2. The number of benzene rings is 5. The van der Waals surface area contributed by atoms with E-state index in [-0.39, 0.29) is 22.4 Å². The van der Waals surface area contributed by atoms with E-state index in [2.05, 4.69) is 20.6 Å². The Labute approximate surface area is 332 Å². The number of ether oxygens (including phenoxy) is 2. The van der Waals surface area contributed by atoms with Gasteiger partial charge >= 0.3 is 12.4 Å². The zero-order valence-electron chi connectivity index (χ0n) is 30.2. The van der Waals surface area contributed by atoms with Crippen LogP contribution >= 0.6 is 11.6 Å². The van der Waals surface area contributed by atoms with Crippen molar-refractivity contribution >= 4 is 44.8 Å². The first kappa shape index (κ1) is 40.6. The molecule has 0 unspecified atom stereocenters. The number of alkyl halides is 6. The number of hydrogen-bond donors (Lipinski definition) is 2. The van der Waals surface area contributed by atoms with Gasteiger partial charge in [-0.2, -0.15) is 36.9 Å². The molecule has 0 aliphatic carbocycles. The fraction of sp³-hybridized carbons (Fsp3) is 0.116. The third-order valence-corrected chi connectivity index (χ3v) is 8.76. The summed E-state index contributed by atoms with van der Waals surface area (Å²) in [5, 5.41) is 25.8. The molecule has 7 rings (SSSR count). The third-order valence-electron chi connectivity index (χ3n) is 8.51. The lowest BCUT2D eigenvalue weighted by Gasteiger charge is -2.17. The molecule has 0 radical (unpaired) electrons. The number of nitrogens with one attached hydrogen (secondary N) is 2. The van der Waals surface area contributed by atoms with Crippen LogP contribution in [0, 0.1) is 22.7 Å². The molecule has 15 heteroatoms. The molecule has 2 heterocycles. The van der Waals surface area contributed by atoms with Crippen LogP contribution in [0.1, 0.15) is 28.1 Å². The number of para-hydroxylation sites is 2. The molecule has 0 aliphatic rings. The van der Waals surface area contributed by atoms with Crippen LogP contribution in [0.3, 0.4) is 0 Å². The molecule has 7 aromatic rings. The van der Waals surface area contributed by atoms with Crippen LogP contribution in [0.15, 0.2) is 121 Å². The van der Waals surface area contributed by atoms with Crippen molar-refractivity contribution < 1.29 is 35.8 Å². The maximum atomic E-state index is 13.7. The van der Waals surface area contributed by atoms with Crippen LogP contribution in [0.4, 0.5) is 37.7 Å². The summed E-state index contributed by atoms with van der Waals surface area (Å²) >= 11 is 5.90. The number of aromatic nitrogens is 2. The van der Waals surface area contributed by atoms with Crippen LogP contribution in [-0.4, -0.2) is 23.6 Å². The van der Waals surface area contributed by atoms with Gasteiger partial charge in [-0.05, 0) is 84.8 Å². The zero-order valence-corrected chi connectivity index (χ0v) is 31.0. The second kappa shape index (κ2) is 17.4. The Kier molecular flexibility index (Phi) is 12.2. The highest BCUT2D eigenvalue weighted by Gasteiger charge is 2.39. The second-order valence-electron chi connectivity index (χ2n) is 12.4. The van der Waals surface area contributed by atoms with Gasteiger partial charge in [-0.1, -0.05) is 60.1 Å². The highest BCUT2D eigenvalue weighted by Crippen LogP contribution is 2.40. The number of hydrogen-bond acceptors (Lipinski definition) is 8. The van der Waals surface area contributed by atoms with Crippen molar-refractivity contribution in [3.05, 3.63) is 154 Å². The molecule has 2 aromatic heterocycles. The molecule has 8 nitrogen and oxygen atoms in total. The van der Waals surface area contributed by atoms with Gasteiger partial charge in [0.15, 0.2) is 11.4 Å². The van der Waals surface area contributed by atoms with E-state index in [1.54, 1.807) is 78.9 Å². The van der Waals surface area contributed by atoms with Gasteiger partial charge in [0.05, 0.1) is 22.4 Å². The lowest BCUT2D eigenvalue weighted by Crippen LogP contribution is -2.15. The van der Waals surface area contributed by atoms with Gasteiger partial charge in [-0.15, -0.1) is 0 Å². The molecule has 0 aliphatic heterocycles. The maximum Gasteiger partial charge on any atom is 0.434 e. The molecule has 0 amide bonds. The van der Waals surface area contributed by atoms with Gasteiger partial charge in [0.1, 0.15) is 46.3 Å². The minimum absolute atomic E-state index is 0.0679. The molecule has 58 heavy (non-hydrogen) atoms. The van der Waals surface area contributed by atoms with Crippen molar-refractivity contribution in [2.45, 2.75) is 18.8 Å². The molecule has 0 atom stereocenters. The topological polar surface area (TPSA) is 116 Å². The van der Waals surface area contributed by atoms with E-state index < -0.39 is 34.9 Å². The summed E-state index contributed by atoms with van der Waals surface area (Å²) in [6.45, 7) is 0.302. The first-order valence-electron chi connectivity index (χ1n) is 17.3. The first-order chi connectivity index (χ1) is 27.8. The molecule has 0 fully saturated rings. The van der Waals surface area contributed by atoms with Crippen LogP contribution in [0.25, 0.3) is 21.8 Å². The summed E-state index contributed by atoms with van der Waals surface area (Å²) in [6, 6.07) is 37.5. The van der Waals surface area contributed by atoms with Crippen LogP contribution < -0.4 is 20.1 Å². The number of anilines is 2. The standard InChI is InChI=1S/C25H17ClF3N3O.C18H12F3N3O/c26-17-8-6-16(7-9-17)12-13-31-23-20-14-19(33-18-4-2-1-3-5-18)10-11-22(20)32-24(21(23)15-30)25(27,28)29;1-23-16-13-9-12(25-11-5-3-2-4-6-11)7-8-15(13)24-17(14(16)10-22)18(19,20)21/h1-11,14H,12-13H2,(H,31,32);2-9H,1H3,(H,23,24). The highest BCUT2D eigenvalue weighted by molar-refractivity contribution is 6.30. The smallest absolute Gasteiger partial charge is 0.434 e. The molecular weight excluding hydrogens is 782 g/mol. The average molecular weight is 811 g/mol. The van der Waals surface area contributed by atoms with Crippen molar-refractivity contribution in [1.82, 2.24) is 9.97 Å². The van der Waals surface area contributed by atoms with Crippen molar-refractivity contribution in [2.24, 2.45) is 0 Å². The van der Waals surface area contributed by atoms with E-state index in [4.69, 9.17) is 21.1 Å². The zero-order chi connectivity index (χ0) is 41.5. The summed E-state index contributed by atoms with van der Waals surface area (Å²) < 4.78 is 92.0. The molecule has 0 bridgehead atoms. The molecule has 5 aromatic carbocycles. The van der Waals surface area contributed by atoms with E-state index in [1.807, 2.05) is 36.4 Å². The Morgan fingerprint density at radius 1 is 0.603 bits per heavy atom. The number of nitriles is 2. The minimum Gasteiger partial charge on any atom is -0.457 e. The molecule has 2 N–H and O–H groups in total. The van der Waals surface area contributed by atoms with Crippen LogP contribution in [0.5, 0.6) is 23.0 Å². The van der Waals surface area contributed by atoms with E-state index in [1.165, 1.54) is 25.2 Å². The van der Waals surface area contributed by atoms with Crippen LogP contribution in [-0.2, 0) is 18.8 Å². The quantitative estimate of drug-likeness (QED) is 0.138. The minimum atomic E-state index is -4.77. The molecule has 0 saturated carbocycles. The fourth-order valence-corrected chi connectivity index (χ4v) is 6.04. The second-order valence-corrected chi connectivity index (χ2v) is 12.8. The van der Waals surface area contributed by atoms with Crippen molar-refractivity contribution in [1.29, 1.82) is 10.5 Å². The monoisotopic (exact) mass is 810 g/mol. The van der Waals surface area contributed by atoms with Gasteiger partial charge in [0.2, 0.25) is 0 Å². The Balaban J connectivity index is 0.000000203. The van der Waals surface area contributed by atoms with Gasteiger partial charge in [-0.25, -0.2) is 9.97 Å². The maximum absolute atomic E-state index is 13.7. The summed E-state index contributed by atoms with van der Waals surface area (Å²) in [4.78, 5) is 7.38. The largest absolute Gasteiger partial charge is 0.457 e. The van der Waals surface area contributed by atoms with E-state index in [0.29, 0.717) is 51.8 Å². The predicted octanol–water partition coefficient (Wildman–Crippen LogP) is 12.2. The number of rotatable bonds is 9. The molecule has 0 saturated heterocycles. The molecule has 292 valence electrons. The van der Waals surface area contributed by atoms with Crippen LogP contribution in [0.2, 0.25) is 5.02 Å². The Bertz CT molecular complexity index is 2650. The summed E-state index contributed by atoms with van der Waals surface area (Å²) in [5.41, 5.74) is -2.20. The average Bonchev–Trinajstić information content (AvgIpc) is 3.21. The first-order valence-corrected chi connectivity index (χ1v) is 17.7. The Hall–Kier alpha value is -7.03. The van der Waals surface area contributed by atoms with Gasteiger partial charge < -0.3 is 20.1 Å². The number of halogens is 7. The van der Waals surface area contributed by atoms with E-state index in [0.717, 1.165) is 5.56 Å². The summed E-state index contributed by atoms with van der Waals surface area (Å²) in [6.07, 6.45) is -8.97. The molecular formula is C43H29ClF6N6O2. The van der Waals surface area contributed by atoms with Crippen molar-refractivity contribution in [3.8, 4) is 35.1 Å². The Morgan fingerprint density at radius 3 is 1.48 bits per heavy atom. The predicted molar refractivity (Wildman–Crippen MR) is 209 cm³/mol. The van der Waals surface area contributed by atoms with Crippen molar-refractivity contribution in [3.63, 3.8) is 0 Å². The van der Waals surface area contributed by atoms with Gasteiger partial charge in [0, 0.05) is 29.4 Å². The SMILES string of the molecule is CNc1c(C#N)c(C(F)(F)F)nc2ccc(Oc3ccccc3)cc12.N#Cc1c(C(F)(F)F)nc2ccc(Oc3ccccc3)cc2c1NCCc1ccc(Cl)cc1. The third kappa shape index (κ3) is 9.49. The Morgan fingerprint density at radius 2 is 1.05 bits per heavy atom. The molecule has 0 spiro atoms. The normalized spacial score (nSPS) is 11.2. The lowest BCUT2D eigenvalue weighted by molar-refractivity contribution is -0.141. The van der Waals surface area contributed by atoms with Gasteiger partial charge in [-0.3, -0.25) is 0 Å². The summed E-state index contributed by atoms with van der Waals surface area (Å²) in [7, 11) is 1.46. The highest BCUT2D eigenvalue weighted by atomic mass is 35.5. The van der Waals surface area contributed by atoms with E-state index in [9.17, 15) is 36.9 Å². The van der Waals surface area contributed by atoms with E-state index >= 15 is 0 Å². The van der Waals surface area contributed by atoms with Gasteiger partial charge in [0.25, 0.3) is 0 Å². The lowest BCUT2D eigenvalue weighted by atomic mass is 10.0. The number of pyridine rings is 2.